The molecule has 0 atom stereocenters. The monoisotopic (exact) mass is 836 g/mol. The van der Waals surface area contributed by atoms with Gasteiger partial charge in [-0.1, -0.05) is 172 Å². The molecule has 314 valence electrons. The fraction of sp³-hybridized carbons (Fsp3) is 0.194. The minimum absolute atomic E-state index is 0.0145. The lowest BCUT2D eigenvalue weighted by molar-refractivity contribution is 0.589. The second-order valence-electron chi connectivity index (χ2n) is 22.2. The zero-order chi connectivity index (χ0) is 44.5. The van der Waals surface area contributed by atoms with Crippen molar-refractivity contribution in [2.45, 2.75) is 78.6 Å². The summed E-state index contributed by atoms with van der Waals surface area (Å²) in [5.41, 5.74) is 21.0. The van der Waals surface area contributed by atoms with Crippen LogP contribution < -0.4 is 10.9 Å². The van der Waals surface area contributed by atoms with E-state index in [4.69, 9.17) is 0 Å². The van der Waals surface area contributed by atoms with Gasteiger partial charge in [0.15, 0.2) is 0 Å². The smallest absolute Gasteiger partial charge is 0.333 e. The second kappa shape index (κ2) is 12.9. The van der Waals surface area contributed by atoms with E-state index in [0.717, 1.165) is 0 Å². The number of benzene rings is 9. The Morgan fingerprint density at radius 2 is 0.908 bits per heavy atom. The average molecular weight is 837 g/mol. The van der Waals surface area contributed by atoms with Gasteiger partial charge in [-0.2, -0.15) is 0 Å². The third kappa shape index (κ3) is 5.42. The normalized spacial score (nSPS) is 13.6. The number of fused-ring (bicyclic) bond motifs is 12. The van der Waals surface area contributed by atoms with Crippen LogP contribution in [-0.2, 0) is 16.2 Å². The fourth-order valence-electron chi connectivity index (χ4n) is 11.7. The molecule has 2 nitrogen and oxygen atoms in total. The number of aromatic nitrogens is 2. The fourth-order valence-corrected chi connectivity index (χ4v) is 11.7. The van der Waals surface area contributed by atoms with Gasteiger partial charge in [-0.3, -0.25) is 0 Å². The zero-order valence-corrected chi connectivity index (χ0v) is 39.0. The first-order valence-corrected chi connectivity index (χ1v) is 23.5. The van der Waals surface area contributed by atoms with Crippen LogP contribution in [0.5, 0.6) is 0 Å². The molecule has 2 aliphatic rings. The third-order valence-corrected chi connectivity index (χ3v) is 15.1. The minimum Gasteiger partial charge on any atom is -0.375 e. The Balaban J connectivity index is 1.23. The second-order valence-corrected chi connectivity index (χ2v) is 22.2. The standard InChI is InChI=1S/C62H53BN2/c1-60(2,3)40-25-27-55-48(31-40)51-33-41(61(4,5)6)34-52-49-32-42(62(7,8)9)35-56-57(49)63(65(55)58(51)52)53-30-39(46-23-15-19-37-17-11-13-21-44(37)46)29-50-47-28-38(24-26-54(47)64(56)59(50)53)45-22-14-18-36-16-10-12-20-43(36)45/h10-35H,1-9H3. The molecule has 0 bridgehead atoms. The Morgan fingerprint density at radius 3 is 1.58 bits per heavy atom. The Hall–Kier alpha value is -6.84. The van der Waals surface area contributed by atoms with Crippen molar-refractivity contribution in [3.05, 3.63) is 174 Å². The predicted molar refractivity (Wildman–Crippen MR) is 282 cm³/mol. The van der Waals surface area contributed by atoms with Gasteiger partial charge < -0.3 is 9.05 Å². The van der Waals surface area contributed by atoms with Crippen molar-refractivity contribution in [1.29, 1.82) is 0 Å². The molecular formula is C62H53BN2. The molecular weight excluding hydrogens is 784 g/mol. The average Bonchev–Trinajstić information content (AvgIpc) is 3.80. The van der Waals surface area contributed by atoms with Crippen LogP contribution in [0.15, 0.2) is 158 Å². The molecule has 3 heteroatoms. The van der Waals surface area contributed by atoms with Gasteiger partial charge in [-0.25, -0.2) is 0 Å². The SMILES string of the molecule is CC(C)(C)c1cc2c3c(c1)-n1c4ccc(-c5cccc6ccccc56)cc4c4cc(-c5cccc6ccccc56)cc(c41)B3n1c3ccc(C(C)(C)C)cc3c3cc(C(C)(C)C)cc-2c31. The minimum atomic E-state index is -0.0738. The van der Waals surface area contributed by atoms with E-state index >= 15 is 0 Å². The van der Waals surface area contributed by atoms with E-state index in [1.807, 2.05) is 0 Å². The van der Waals surface area contributed by atoms with Crippen molar-refractivity contribution in [1.82, 2.24) is 9.05 Å². The Bertz CT molecular complexity index is 3880. The molecule has 0 fully saturated rings. The van der Waals surface area contributed by atoms with Crippen LogP contribution in [0.3, 0.4) is 0 Å². The van der Waals surface area contributed by atoms with Gasteiger partial charge >= 0.3 is 6.85 Å². The highest BCUT2D eigenvalue weighted by Crippen LogP contribution is 2.48. The number of nitrogens with zero attached hydrogens (tertiary/aromatic N) is 2. The van der Waals surface area contributed by atoms with Gasteiger partial charge in [0.25, 0.3) is 0 Å². The quantitative estimate of drug-likeness (QED) is 0.154. The number of hydrogen-bond acceptors (Lipinski definition) is 0. The predicted octanol–water partition coefficient (Wildman–Crippen LogP) is 15.4. The van der Waals surface area contributed by atoms with Gasteiger partial charge in [0.1, 0.15) is 0 Å². The highest BCUT2D eigenvalue weighted by Gasteiger charge is 2.43. The maximum atomic E-state index is 2.76. The van der Waals surface area contributed by atoms with Crippen molar-refractivity contribution < 1.29 is 0 Å². The molecule has 0 N–H and O–H groups in total. The molecule has 0 saturated heterocycles. The summed E-state index contributed by atoms with van der Waals surface area (Å²) in [4.78, 5) is 0. The molecule has 65 heavy (non-hydrogen) atoms. The molecule has 0 aliphatic carbocycles. The van der Waals surface area contributed by atoms with Crippen molar-refractivity contribution in [3.63, 3.8) is 0 Å². The van der Waals surface area contributed by atoms with Crippen molar-refractivity contribution in [3.8, 4) is 39.1 Å². The highest BCUT2D eigenvalue weighted by atomic mass is 15.0. The molecule has 0 saturated carbocycles. The lowest BCUT2D eigenvalue weighted by atomic mass is 9.45. The van der Waals surface area contributed by atoms with E-state index in [1.54, 1.807) is 0 Å². The van der Waals surface area contributed by atoms with Crippen LogP contribution in [0.25, 0.3) is 104 Å². The number of rotatable bonds is 2. The Kier molecular flexibility index (Phi) is 7.67. The van der Waals surface area contributed by atoms with E-state index in [0.29, 0.717) is 0 Å². The van der Waals surface area contributed by atoms with Crippen LogP contribution in [0.2, 0.25) is 0 Å². The first-order chi connectivity index (χ1) is 31.1. The first-order valence-electron chi connectivity index (χ1n) is 23.5. The summed E-state index contributed by atoms with van der Waals surface area (Å²) in [5, 5.41) is 10.4. The molecule has 13 rings (SSSR count). The molecule has 0 radical (unpaired) electrons. The Morgan fingerprint density at radius 1 is 0.369 bits per heavy atom. The maximum Gasteiger partial charge on any atom is 0.333 e. The summed E-state index contributed by atoms with van der Waals surface area (Å²) in [5.74, 6) is 0. The molecule has 2 aliphatic heterocycles. The first kappa shape index (κ1) is 38.6. The van der Waals surface area contributed by atoms with E-state index in [1.165, 1.54) is 132 Å². The van der Waals surface area contributed by atoms with Gasteiger partial charge in [-0.05, 0) is 142 Å². The van der Waals surface area contributed by atoms with Crippen LogP contribution in [0, 0.1) is 0 Å². The molecule has 0 spiro atoms. The van der Waals surface area contributed by atoms with E-state index in [2.05, 4.69) is 229 Å². The van der Waals surface area contributed by atoms with Crippen molar-refractivity contribution in [2.75, 3.05) is 0 Å². The number of hydrogen-bond donors (Lipinski definition) is 0. The molecule has 11 aromatic rings. The van der Waals surface area contributed by atoms with Crippen LogP contribution in [0.1, 0.15) is 79.0 Å². The van der Waals surface area contributed by atoms with Crippen LogP contribution in [-0.4, -0.2) is 15.9 Å². The molecule has 9 aromatic carbocycles. The van der Waals surface area contributed by atoms with E-state index in [-0.39, 0.29) is 23.1 Å². The van der Waals surface area contributed by atoms with Gasteiger partial charge in [-0.15, -0.1) is 0 Å². The Labute approximate surface area is 382 Å². The van der Waals surface area contributed by atoms with Crippen molar-refractivity contribution >= 4 is 82.9 Å². The maximum absolute atomic E-state index is 2.76. The molecule has 4 heterocycles. The summed E-state index contributed by atoms with van der Waals surface area (Å²) in [6.07, 6.45) is 0. The zero-order valence-electron chi connectivity index (χ0n) is 39.0. The van der Waals surface area contributed by atoms with Crippen molar-refractivity contribution in [2.24, 2.45) is 0 Å². The highest BCUT2D eigenvalue weighted by molar-refractivity contribution is 6.90. The summed E-state index contributed by atoms with van der Waals surface area (Å²) in [6.45, 7) is 21.2. The largest absolute Gasteiger partial charge is 0.375 e. The van der Waals surface area contributed by atoms with E-state index < -0.39 is 0 Å². The van der Waals surface area contributed by atoms with E-state index in [9.17, 15) is 0 Å². The lowest BCUT2D eigenvalue weighted by Gasteiger charge is -2.36. The van der Waals surface area contributed by atoms with Gasteiger partial charge in [0.05, 0.1) is 11.0 Å². The summed E-state index contributed by atoms with van der Waals surface area (Å²) >= 11 is 0. The molecule has 0 amide bonds. The summed E-state index contributed by atoms with van der Waals surface area (Å²) in [7, 11) is 0. The van der Waals surface area contributed by atoms with Gasteiger partial charge in [0.2, 0.25) is 0 Å². The summed E-state index contributed by atoms with van der Waals surface area (Å²) in [6, 6.07) is 61.1. The van der Waals surface area contributed by atoms with Gasteiger partial charge in [0, 0.05) is 43.8 Å². The molecule has 2 aromatic heterocycles. The van der Waals surface area contributed by atoms with Crippen LogP contribution >= 0.6 is 0 Å². The van der Waals surface area contributed by atoms with Crippen LogP contribution in [0.4, 0.5) is 0 Å². The lowest BCUT2D eigenvalue weighted by Crippen LogP contribution is -2.55. The topological polar surface area (TPSA) is 9.86 Å². The summed E-state index contributed by atoms with van der Waals surface area (Å²) < 4.78 is 5.41. The molecule has 0 unspecified atom stereocenters. The third-order valence-electron chi connectivity index (χ3n) is 15.1.